The highest BCUT2D eigenvalue weighted by Gasteiger charge is 2.14. The van der Waals surface area contributed by atoms with E-state index in [4.69, 9.17) is 0 Å². The number of para-hydroxylation sites is 2. The molecule has 86 valence electrons. The fourth-order valence-electron chi connectivity index (χ4n) is 2.24. The lowest BCUT2D eigenvalue weighted by atomic mass is 10.3. The van der Waals surface area contributed by atoms with E-state index in [2.05, 4.69) is 10.1 Å². The largest absolute Gasteiger partial charge is 0.333 e. The fourth-order valence-corrected chi connectivity index (χ4v) is 2.24. The third-order valence-corrected chi connectivity index (χ3v) is 3.06. The second kappa shape index (κ2) is 3.16. The summed E-state index contributed by atoms with van der Waals surface area (Å²) in [7, 11) is 0. The number of nitrogens with one attached hydrogen (secondary N) is 1. The number of hydrogen-bond acceptors (Lipinski definition) is 2. The highest BCUT2D eigenvalue weighted by molar-refractivity contribution is 5.79. The Morgan fingerprint density at radius 3 is 2.89 bits per heavy atom. The lowest BCUT2D eigenvalue weighted by molar-refractivity contribution is -0.579. The summed E-state index contributed by atoms with van der Waals surface area (Å²) in [4.78, 5) is 16.9. The van der Waals surface area contributed by atoms with Gasteiger partial charge < -0.3 is 0 Å². The number of fused-ring (bicyclic) bond motifs is 4. The van der Waals surface area contributed by atoms with Crippen LogP contribution < -0.4 is 10.1 Å². The molecule has 0 radical (unpaired) electrons. The van der Waals surface area contributed by atoms with Gasteiger partial charge in [-0.1, -0.05) is 16.6 Å². The van der Waals surface area contributed by atoms with Gasteiger partial charge in [-0.2, -0.15) is 0 Å². The van der Waals surface area contributed by atoms with E-state index in [1.165, 1.54) is 0 Å². The zero-order valence-electron chi connectivity index (χ0n) is 9.37. The molecule has 1 aromatic carbocycles. The number of imidazole rings is 1. The Balaban J connectivity index is 2.39. The van der Waals surface area contributed by atoms with Crippen molar-refractivity contribution in [2.24, 2.45) is 0 Å². The minimum atomic E-state index is -0.0712. The van der Waals surface area contributed by atoms with Gasteiger partial charge >= 0.3 is 11.1 Å². The predicted molar refractivity (Wildman–Crippen MR) is 66.5 cm³/mol. The van der Waals surface area contributed by atoms with Gasteiger partial charge in [0.05, 0.1) is 11.0 Å². The molecule has 0 aliphatic heterocycles. The maximum atomic E-state index is 12.4. The van der Waals surface area contributed by atoms with Crippen molar-refractivity contribution in [3.63, 3.8) is 0 Å². The number of benzene rings is 1. The van der Waals surface area contributed by atoms with Crippen molar-refractivity contribution in [3.8, 4) is 0 Å². The molecule has 0 spiro atoms. The molecular formula is C13H9N4O+. The van der Waals surface area contributed by atoms with Gasteiger partial charge in [0.2, 0.25) is 6.20 Å². The first-order chi connectivity index (χ1) is 8.84. The van der Waals surface area contributed by atoms with Gasteiger partial charge in [-0.25, -0.2) is 9.38 Å². The van der Waals surface area contributed by atoms with Gasteiger partial charge in [0.15, 0.2) is 0 Å². The van der Waals surface area contributed by atoms with Crippen molar-refractivity contribution in [1.29, 1.82) is 0 Å². The average molecular weight is 237 g/mol. The molecule has 3 heterocycles. The summed E-state index contributed by atoms with van der Waals surface area (Å²) < 4.78 is 3.29. The molecule has 0 bridgehead atoms. The minimum absolute atomic E-state index is 0.0712. The maximum absolute atomic E-state index is 12.4. The first-order valence-corrected chi connectivity index (χ1v) is 5.64. The van der Waals surface area contributed by atoms with Gasteiger partial charge in [-0.05, 0) is 18.2 Å². The van der Waals surface area contributed by atoms with Crippen molar-refractivity contribution in [3.05, 3.63) is 59.0 Å². The summed E-state index contributed by atoms with van der Waals surface area (Å²) in [6.45, 7) is 0. The van der Waals surface area contributed by atoms with Crippen LogP contribution in [0.4, 0.5) is 0 Å². The number of aromatic amines is 1. The zero-order chi connectivity index (χ0) is 12.1. The van der Waals surface area contributed by atoms with Gasteiger partial charge in [0.25, 0.3) is 5.78 Å². The molecule has 4 rings (SSSR count). The number of nitrogens with zero attached hydrogens (tertiary/aromatic N) is 3. The number of pyridine rings is 1. The van der Waals surface area contributed by atoms with Crippen molar-refractivity contribution in [2.75, 3.05) is 0 Å². The number of rotatable bonds is 0. The van der Waals surface area contributed by atoms with E-state index in [1.807, 2.05) is 36.4 Å². The van der Waals surface area contributed by atoms with Crippen LogP contribution in [0.5, 0.6) is 0 Å². The van der Waals surface area contributed by atoms with Gasteiger partial charge in [-0.3, -0.25) is 4.79 Å². The third-order valence-electron chi connectivity index (χ3n) is 3.06. The predicted octanol–water partition coefficient (Wildman–Crippen LogP) is 0.914. The van der Waals surface area contributed by atoms with Crippen LogP contribution in [-0.2, 0) is 0 Å². The summed E-state index contributed by atoms with van der Waals surface area (Å²) in [5.41, 5.74) is 2.15. The highest BCUT2D eigenvalue weighted by atomic mass is 16.1. The molecule has 0 aliphatic rings. The van der Waals surface area contributed by atoms with Crippen LogP contribution in [0.1, 0.15) is 0 Å². The molecule has 5 heteroatoms. The first-order valence-electron chi connectivity index (χ1n) is 5.64. The molecule has 0 fully saturated rings. The topological polar surface area (TPSA) is 54.3 Å². The second-order valence-corrected chi connectivity index (χ2v) is 4.13. The maximum Gasteiger partial charge on any atom is 0.333 e. The van der Waals surface area contributed by atoms with E-state index in [1.54, 1.807) is 21.2 Å². The summed E-state index contributed by atoms with van der Waals surface area (Å²) in [6, 6.07) is 13.1. The van der Waals surface area contributed by atoms with Gasteiger partial charge in [-0.15, -0.1) is 5.10 Å². The molecule has 3 aromatic heterocycles. The molecule has 0 atom stereocenters. The Bertz CT molecular complexity index is 951. The van der Waals surface area contributed by atoms with Crippen LogP contribution in [0.25, 0.3) is 22.3 Å². The van der Waals surface area contributed by atoms with E-state index in [-0.39, 0.29) is 5.56 Å². The molecule has 0 unspecified atom stereocenters. The normalized spacial score (nSPS) is 11.6. The lowest BCUT2D eigenvalue weighted by Gasteiger charge is -1.93. The quantitative estimate of drug-likeness (QED) is 0.462. The summed E-state index contributed by atoms with van der Waals surface area (Å²) in [5, 5.41) is 3.11. The van der Waals surface area contributed by atoms with Crippen LogP contribution in [-0.4, -0.2) is 14.5 Å². The molecule has 0 saturated heterocycles. The molecule has 0 amide bonds. The summed E-state index contributed by atoms with van der Waals surface area (Å²) >= 11 is 0. The van der Waals surface area contributed by atoms with Crippen LogP contribution in [0.15, 0.2) is 53.5 Å². The average Bonchev–Trinajstić information content (AvgIpc) is 2.77. The Hall–Kier alpha value is -2.69. The number of H-pyrrole nitrogens is 1. The van der Waals surface area contributed by atoms with E-state index in [9.17, 15) is 4.79 Å². The molecule has 1 N–H and O–H groups in total. The fraction of sp³-hybridized carbons (Fsp3) is 0. The van der Waals surface area contributed by atoms with Crippen molar-refractivity contribution in [1.82, 2.24) is 14.5 Å². The smallest absolute Gasteiger partial charge is 0.261 e. The Morgan fingerprint density at radius 2 is 1.94 bits per heavy atom. The lowest BCUT2D eigenvalue weighted by Crippen LogP contribution is -2.35. The minimum Gasteiger partial charge on any atom is -0.261 e. The number of hydrogen-bond donors (Lipinski definition) is 1. The van der Waals surface area contributed by atoms with E-state index in [0.717, 1.165) is 11.0 Å². The molecule has 4 aromatic rings. The van der Waals surface area contributed by atoms with Crippen molar-refractivity contribution >= 4 is 22.3 Å². The Kier molecular flexibility index (Phi) is 1.64. The van der Waals surface area contributed by atoms with Crippen LogP contribution in [0, 0.1) is 0 Å². The van der Waals surface area contributed by atoms with Crippen molar-refractivity contribution < 1.29 is 4.52 Å². The Labute approximate surface area is 101 Å². The van der Waals surface area contributed by atoms with Crippen LogP contribution in [0.3, 0.4) is 0 Å². The third kappa shape index (κ3) is 1.08. The van der Waals surface area contributed by atoms with E-state index >= 15 is 0 Å². The van der Waals surface area contributed by atoms with Crippen LogP contribution in [0.2, 0.25) is 0 Å². The molecule has 5 nitrogen and oxygen atoms in total. The monoisotopic (exact) mass is 237 g/mol. The summed E-state index contributed by atoms with van der Waals surface area (Å²) in [5.74, 6) is 0.546. The SMILES string of the molecule is O=c1c2cccc[n+]2[nH]c2nc3ccccc3n12. The van der Waals surface area contributed by atoms with Gasteiger partial charge in [0.1, 0.15) is 0 Å². The van der Waals surface area contributed by atoms with Gasteiger partial charge in [0, 0.05) is 12.1 Å². The molecule has 0 aliphatic carbocycles. The van der Waals surface area contributed by atoms with Crippen molar-refractivity contribution in [2.45, 2.75) is 0 Å². The molecule has 18 heavy (non-hydrogen) atoms. The van der Waals surface area contributed by atoms with E-state index < -0.39 is 0 Å². The standard InChI is InChI=1S/C13H8N4O/c18-12-11-7-3-4-8-16(11)15-13-14-9-5-1-2-6-10(9)17(12)13/h1-8H/p+1. The summed E-state index contributed by atoms with van der Waals surface area (Å²) in [6.07, 6.45) is 1.80. The van der Waals surface area contributed by atoms with Crippen LogP contribution >= 0.6 is 0 Å². The molecular weight excluding hydrogens is 228 g/mol. The Morgan fingerprint density at radius 1 is 1.11 bits per heavy atom. The first kappa shape index (κ1) is 9.35. The molecule has 0 saturated carbocycles. The van der Waals surface area contributed by atoms with E-state index in [0.29, 0.717) is 11.3 Å². The second-order valence-electron chi connectivity index (χ2n) is 4.13. The number of aromatic nitrogens is 4. The zero-order valence-corrected chi connectivity index (χ0v) is 9.37. The highest BCUT2D eigenvalue weighted by Crippen LogP contribution is 2.11.